The van der Waals surface area contributed by atoms with Crippen LogP contribution in [-0.4, -0.2) is 17.7 Å². The largest absolute Gasteiger partial charge is 0.490 e. The van der Waals surface area contributed by atoms with E-state index < -0.39 is 0 Å². The van der Waals surface area contributed by atoms with Gasteiger partial charge < -0.3 is 14.8 Å². The molecule has 0 saturated carbocycles. The molecule has 1 fully saturated rings. The zero-order chi connectivity index (χ0) is 24.1. The summed E-state index contributed by atoms with van der Waals surface area (Å²) in [5.74, 6) is -0.0946. The van der Waals surface area contributed by atoms with Gasteiger partial charge in [0, 0.05) is 5.56 Å². The first-order chi connectivity index (χ1) is 16.4. The zero-order valence-corrected chi connectivity index (χ0v) is 20.4. The molecule has 9 heteroatoms. The molecule has 4 rings (SSSR count). The number of amidine groups is 1. The van der Waals surface area contributed by atoms with Gasteiger partial charge in [-0.3, -0.25) is 4.79 Å². The molecule has 0 bridgehead atoms. The van der Waals surface area contributed by atoms with Crippen molar-refractivity contribution in [1.82, 2.24) is 5.32 Å². The van der Waals surface area contributed by atoms with Crippen LogP contribution in [0.1, 0.15) is 18.1 Å². The minimum Gasteiger partial charge on any atom is -0.490 e. The molecule has 0 unspecified atom stereocenters. The Morgan fingerprint density at radius 3 is 2.59 bits per heavy atom. The number of benzene rings is 3. The number of carbonyl (C=O) groups is 1. The van der Waals surface area contributed by atoms with Crippen LogP contribution in [0.5, 0.6) is 11.5 Å². The molecule has 1 heterocycles. The van der Waals surface area contributed by atoms with Crippen LogP contribution in [0.25, 0.3) is 6.08 Å². The number of hydrogen-bond acceptors (Lipinski definition) is 5. The third-order valence-corrected chi connectivity index (χ3v) is 6.17. The predicted molar refractivity (Wildman–Crippen MR) is 133 cm³/mol. The van der Waals surface area contributed by atoms with Crippen molar-refractivity contribution in [2.45, 2.75) is 13.5 Å². The number of aliphatic imine (C=N–C) groups is 1. The number of thioether (sulfide) groups is 1. The van der Waals surface area contributed by atoms with Gasteiger partial charge in [-0.25, -0.2) is 13.8 Å². The molecular weight excluding hydrogens is 526 g/mol. The molecule has 3 aromatic carbocycles. The van der Waals surface area contributed by atoms with Crippen LogP contribution < -0.4 is 14.8 Å². The van der Waals surface area contributed by atoms with Gasteiger partial charge in [-0.1, -0.05) is 18.2 Å². The van der Waals surface area contributed by atoms with E-state index in [1.807, 2.05) is 6.92 Å². The molecule has 0 aromatic heterocycles. The normalized spacial score (nSPS) is 15.6. The highest BCUT2D eigenvalue weighted by atomic mass is 79.9. The number of amides is 1. The van der Waals surface area contributed by atoms with Gasteiger partial charge in [0.05, 0.1) is 21.7 Å². The maximum Gasteiger partial charge on any atom is 0.264 e. The Labute approximate surface area is 208 Å². The van der Waals surface area contributed by atoms with Crippen molar-refractivity contribution in [3.8, 4) is 11.5 Å². The van der Waals surface area contributed by atoms with E-state index in [9.17, 15) is 13.6 Å². The molecule has 1 saturated heterocycles. The molecule has 3 aromatic rings. The maximum atomic E-state index is 14.0. The Balaban J connectivity index is 1.56. The van der Waals surface area contributed by atoms with Crippen LogP contribution in [-0.2, 0) is 11.4 Å². The van der Waals surface area contributed by atoms with Gasteiger partial charge in [-0.15, -0.1) is 0 Å². The van der Waals surface area contributed by atoms with Gasteiger partial charge in [-0.2, -0.15) is 0 Å². The third-order valence-electron chi connectivity index (χ3n) is 4.67. The quantitative estimate of drug-likeness (QED) is 0.340. The monoisotopic (exact) mass is 544 g/mol. The lowest BCUT2D eigenvalue weighted by molar-refractivity contribution is -0.115. The highest BCUT2D eigenvalue weighted by molar-refractivity contribution is 9.10. The van der Waals surface area contributed by atoms with Crippen molar-refractivity contribution in [3.05, 3.63) is 92.8 Å². The summed E-state index contributed by atoms with van der Waals surface area (Å²) in [6.07, 6.45) is 1.71. The molecule has 0 spiro atoms. The standard InChI is InChI=1S/C25H19BrF2N2O3S/c1-2-32-21-12-15(11-19(26)23(21)33-14-16-5-3-4-6-20(16)28)13-22-24(31)30-25(34-22)29-18-9-7-17(27)8-10-18/h3-13H,2,14H2,1H3,(H,29,30,31)/b22-13+. The summed E-state index contributed by atoms with van der Waals surface area (Å²) in [7, 11) is 0. The van der Waals surface area contributed by atoms with Gasteiger partial charge in [0.1, 0.15) is 18.2 Å². The number of hydrogen-bond donors (Lipinski definition) is 1. The van der Waals surface area contributed by atoms with Gasteiger partial charge in [0.25, 0.3) is 5.91 Å². The van der Waals surface area contributed by atoms with E-state index in [0.717, 1.165) is 0 Å². The first kappa shape index (κ1) is 24.0. The van der Waals surface area contributed by atoms with E-state index in [1.165, 1.54) is 42.1 Å². The highest BCUT2D eigenvalue weighted by Gasteiger charge is 2.24. The second-order valence-corrected chi connectivity index (χ2v) is 8.99. The van der Waals surface area contributed by atoms with E-state index >= 15 is 0 Å². The molecule has 1 amide bonds. The number of nitrogens with zero attached hydrogens (tertiary/aromatic N) is 1. The second kappa shape index (κ2) is 10.8. The van der Waals surface area contributed by atoms with Crippen molar-refractivity contribution in [2.24, 2.45) is 4.99 Å². The van der Waals surface area contributed by atoms with Crippen LogP contribution in [0.15, 0.2) is 75.0 Å². The van der Waals surface area contributed by atoms with Gasteiger partial charge in [-0.05, 0) is 88.7 Å². The topological polar surface area (TPSA) is 59.9 Å². The lowest BCUT2D eigenvalue weighted by atomic mass is 10.1. The average Bonchev–Trinajstić information content (AvgIpc) is 3.14. The predicted octanol–water partition coefficient (Wildman–Crippen LogP) is 6.60. The molecule has 5 nitrogen and oxygen atoms in total. The number of carbonyl (C=O) groups excluding carboxylic acids is 1. The SMILES string of the molecule is CCOc1cc(/C=C2/SC(=Nc3ccc(F)cc3)NC2=O)cc(Br)c1OCc1ccccc1F. The van der Waals surface area contributed by atoms with E-state index in [1.54, 1.807) is 36.4 Å². The average molecular weight is 545 g/mol. The van der Waals surface area contributed by atoms with Crippen molar-refractivity contribution < 1.29 is 23.0 Å². The van der Waals surface area contributed by atoms with E-state index in [0.29, 0.717) is 49.5 Å². The molecule has 0 radical (unpaired) electrons. The molecular formula is C25H19BrF2N2O3S. The molecule has 1 aliphatic rings. The fourth-order valence-corrected chi connectivity index (χ4v) is 4.52. The van der Waals surface area contributed by atoms with Gasteiger partial charge in [0.15, 0.2) is 16.7 Å². The van der Waals surface area contributed by atoms with Gasteiger partial charge in [0.2, 0.25) is 0 Å². The van der Waals surface area contributed by atoms with Crippen LogP contribution in [0.4, 0.5) is 14.5 Å². The lowest BCUT2D eigenvalue weighted by Gasteiger charge is -2.15. The summed E-state index contributed by atoms with van der Waals surface area (Å²) >= 11 is 4.68. The van der Waals surface area contributed by atoms with Crippen molar-refractivity contribution >= 4 is 50.5 Å². The minimum atomic E-state index is -0.357. The Morgan fingerprint density at radius 2 is 1.85 bits per heavy atom. The lowest BCUT2D eigenvalue weighted by Crippen LogP contribution is -2.19. The fraction of sp³-hybridized carbons (Fsp3) is 0.120. The molecule has 1 N–H and O–H groups in total. The smallest absolute Gasteiger partial charge is 0.264 e. The van der Waals surface area contributed by atoms with Crippen molar-refractivity contribution in [2.75, 3.05) is 6.61 Å². The molecule has 0 aliphatic carbocycles. The first-order valence-electron chi connectivity index (χ1n) is 10.3. The summed E-state index contributed by atoms with van der Waals surface area (Å²) < 4.78 is 39.3. The maximum absolute atomic E-state index is 14.0. The first-order valence-corrected chi connectivity index (χ1v) is 11.9. The minimum absolute atomic E-state index is 0.0350. The van der Waals surface area contributed by atoms with Crippen molar-refractivity contribution in [3.63, 3.8) is 0 Å². The summed E-state index contributed by atoms with van der Waals surface area (Å²) in [6, 6.07) is 15.6. The number of ether oxygens (including phenoxy) is 2. The Bertz CT molecular complexity index is 1280. The van der Waals surface area contributed by atoms with E-state index in [2.05, 4.69) is 26.2 Å². The number of nitrogens with one attached hydrogen (secondary N) is 1. The second-order valence-electron chi connectivity index (χ2n) is 7.10. The van der Waals surface area contributed by atoms with Crippen LogP contribution in [0, 0.1) is 11.6 Å². The molecule has 174 valence electrons. The van der Waals surface area contributed by atoms with E-state index in [4.69, 9.17) is 9.47 Å². The molecule has 1 aliphatic heterocycles. The number of rotatable bonds is 7. The van der Waals surface area contributed by atoms with Crippen LogP contribution >= 0.6 is 27.7 Å². The number of halogens is 3. The van der Waals surface area contributed by atoms with Gasteiger partial charge >= 0.3 is 0 Å². The van der Waals surface area contributed by atoms with E-state index in [-0.39, 0.29) is 24.1 Å². The summed E-state index contributed by atoms with van der Waals surface area (Å²) in [5, 5.41) is 3.11. The van der Waals surface area contributed by atoms with Crippen LogP contribution in [0.3, 0.4) is 0 Å². The molecule has 0 atom stereocenters. The summed E-state index contributed by atoms with van der Waals surface area (Å²) in [6.45, 7) is 2.28. The summed E-state index contributed by atoms with van der Waals surface area (Å²) in [5.41, 5.74) is 1.66. The summed E-state index contributed by atoms with van der Waals surface area (Å²) in [4.78, 5) is 17.2. The van der Waals surface area contributed by atoms with Crippen molar-refractivity contribution in [1.29, 1.82) is 0 Å². The fourth-order valence-electron chi connectivity index (χ4n) is 3.10. The third kappa shape index (κ3) is 5.84. The van der Waals surface area contributed by atoms with Crippen LogP contribution in [0.2, 0.25) is 0 Å². The Hall–Kier alpha value is -3.17. The Morgan fingerprint density at radius 1 is 1.09 bits per heavy atom. The molecule has 34 heavy (non-hydrogen) atoms. The highest BCUT2D eigenvalue weighted by Crippen LogP contribution is 2.39. The zero-order valence-electron chi connectivity index (χ0n) is 18.0. The Kier molecular flexibility index (Phi) is 7.64.